The molecular formula is C16H31NO. The molecule has 0 saturated heterocycles. The molecule has 0 aliphatic heterocycles. The van der Waals surface area contributed by atoms with E-state index in [1.54, 1.807) is 0 Å². The van der Waals surface area contributed by atoms with Gasteiger partial charge in [-0.15, -0.1) is 0 Å². The van der Waals surface area contributed by atoms with Gasteiger partial charge in [0.1, 0.15) is 0 Å². The Hall–Kier alpha value is -0.0800. The maximum absolute atomic E-state index is 6.28. The van der Waals surface area contributed by atoms with Crippen molar-refractivity contribution in [3.05, 3.63) is 0 Å². The fraction of sp³-hybridized carbons (Fsp3) is 1.00. The Morgan fingerprint density at radius 1 is 1.00 bits per heavy atom. The molecule has 18 heavy (non-hydrogen) atoms. The van der Waals surface area contributed by atoms with Gasteiger partial charge in [0.2, 0.25) is 0 Å². The number of rotatable bonds is 4. The SMILES string of the molecule is CNC1CCC(C)CC1OCC1CCCC(C)C1. The van der Waals surface area contributed by atoms with Gasteiger partial charge in [0.25, 0.3) is 0 Å². The molecule has 1 N–H and O–H groups in total. The zero-order valence-electron chi connectivity index (χ0n) is 12.5. The van der Waals surface area contributed by atoms with Crippen LogP contribution in [-0.4, -0.2) is 25.8 Å². The van der Waals surface area contributed by atoms with Crippen LogP contribution in [0.1, 0.15) is 58.8 Å². The van der Waals surface area contributed by atoms with Crippen molar-refractivity contribution in [2.45, 2.75) is 70.9 Å². The van der Waals surface area contributed by atoms with E-state index in [9.17, 15) is 0 Å². The van der Waals surface area contributed by atoms with Gasteiger partial charge < -0.3 is 10.1 Å². The van der Waals surface area contributed by atoms with Crippen LogP contribution >= 0.6 is 0 Å². The van der Waals surface area contributed by atoms with Crippen molar-refractivity contribution in [1.82, 2.24) is 5.32 Å². The van der Waals surface area contributed by atoms with Crippen LogP contribution in [0.5, 0.6) is 0 Å². The molecule has 2 aliphatic rings. The van der Waals surface area contributed by atoms with Crippen molar-refractivity contribution in [3.63, 3.8) is 0 Å². The molecular weight excluding hydrogens is 222 g/mol. The Morgan fingerprint density at radius 3 is 2.50 bits per heavy atom. The molecule has 2 heteroatoms. The van der Waals surface area contributed by atoms with E-state index in [0.29, 0.717) is 12.1 Å². The van der Waals surface area contributed by atoms with Crippen molar-refractivity contribution in [2.24, 2.45) is 17.8 Å². The number of hydrogen-bond acceptors (Lipinski definition) is 2. The summed E-state index contributed by atoms with van der Waals surface area (Å²) in [6.07, 6.45) is 9.93. The van der Waals surface area contributed by atoms with E-state index in [1.807, 2.05) is 0 Å². The van der Waals surface area contributed by atoms with E-state index in [1.165, 1.54) is 44.9 Å². The minimum atomic E-state index is 0.455. The lowest BCUT2D eigenvalue weighted by molar-refractivity contribution is -0.0295. The zero-order chi connectivity index (χ0) is 13.0. The van der Waals surface area contributed by atoms with E-state index in [2.05, 4.69) is 26.2 Å². The van der Waals surface area contributed by atoms with Crippen LogP contribution in [0.3, 0.4) is 0 Å². The minimum Gasteiger partial charge on any atom is -0.376 e. The molecule has 0 amide bonds. The molecule has 5 unspecified atom stereocenters. The molecule has 2 fully saturated rings. The Balaban J connectivity index is 1.76. The summed E-state index contributed by atoms with van der Waals surface area (Å²) in [4.78, 5) is 0. The Bertz CT molecular complexity index is 243. The standard InChI is InChI=1S/C16H31NO/c1-12-5-4-6-14(9-12)11-18-16-10-13(2)7-8-15(16)17-3/h12-17H,4-11H2,1-3H3. The lowest BCUT2D eigenvalue weighted by Crippen LogP contribution is -2.44. The monoisotopic (exact) mass is 253 g/mol. The summed E-state index contributed by atoms with van der Waals surface area (Å²) < 4.78 is 6.28. The average molecular weight is 253 g/mol. The molecule has 0 aromatic heterocycles. The molecule has 0 aromatic rings. The van der Waals surface area contributed by atoms with Crippen LogP contribution in [0.25, 0.3) is 0 Å². The smallest absolute Gasteiger partial charge is 0.0730 e. The summed E-state index contributed by atoms with van der Waals surface area (Å²) in [5, 5.41) is 3.45. The van der Waals surface area contributed by atoms with E-state index in [-0.39, 0.29) is 0 Å². The van der Waals surface area contributed by atoms with Crippen molar-refractivity contribution in [2.75, 3.05) is 13.7 Å². The fourth-order valence-corrected chi connectivity index (χ4v) is 3.81. The molecule has 0 bridgehead atoms. The molecule has 2 aliphatic carbocycles. The summed E-state index contributed by atoms with van der Waals surface area (Å²) in [6, 6.07) is 0.585. The van der Waals surface area contributed by atoms with Crippen LogP contribution in [0, 0.1) is 17.8 Å². The van der Waals surface area contributed by atoms with Gasteiger partial charge >= 0.3 is 0 Å². The second kappa shape index (κ2) is 6.91. The van der Waals surface area contributed by atoms with Crippen molar-refractivity contribution in [1.29, 1.82) is 0 Å². The zero-order valence-corrected chi connectivity index (χ0v) is 12.5. The van der Waals surface area contributed by atoms with E-state index >= 15 is 0 Å². The molecule has 5 atom stereocenters. The predicted octanol–water partition coefficient (Wildman–Crippen LogP) is 3.61. The highest BCUT2D eigenvalue weighted by atomic mass is 16.5. The van der Waals surface area contributed by atoms with Crippen LogP contribution in [0.15, 0.2) is 0 Å². The van der Waals surface area contributed by atoms with Gasteiger partial charge in [-0.05, 0) is 56.9 Å². The first-order valence-corrected chi connectivity index (χ1v) is 7.98. The van der Waals surface area contributed by atoms with Crippen molar-refractivity contribution in [3.8, 4) is 0 Å². The number of nitrogens with one attached hydrogen (secondary N) is 1. The van der Waals surface area contributed by atoms with Gasteiger partial charge in [-0.1, -0.05) is 26.7 Å². The fourth-order valence-electron chi connectivity index (χ4n) is 3.81. The summed E-state index contributed by atoms with van der Waals surface area (Å²) in [5.41, 5.74) is 0. The second-order valence-corrected chi connectivity index (χ2v) is 6.82. The molecule has 0 spiro atoms. The van der Waals surface area contributed by atoms with Gasteiger partial charge in [-0.3, -0.25) is 0 Å². The summed E-state index contributed by atoms with van der Waals surface area (Å²) in [5.74, 6) is 2.58. The van der Waals surface area contributed by atoms with Gasteiger partial charge in [-0.25, -0.2) is 0 Å². The van der Waals surface area contributed by atoms with Crippen LogP contribution in [0.4, 0.5) is 0 Å². The lowest BCUT2D eigenvalue weighted by atomic mass is 9.82. The lowest BCUT2D eigenvalue weighted by Gasteiger charge is -2.36. The quantitative estimate of drug-likeness (QED) is 0.826. The molecule has 2 saturated carbocycles. The molecule has 106 valence electrons. The number of hydrogen-bond donors (Lipinski definition) is 1. The molecule has 0 heterocycles. The first-order chi connectivity index (χ1) is 8.69. The summed E-state index contributed by atoms with van der Waals surface area (Å²) in [6.45, 7) is 5.76. The second-order valence-electron chi connectivity index (χ2n) is 6.82. The van der Waals surface area contributed by atoms with Crippen molar-refractivity contribution < 1.29 is 4.74 Å². The summed E-state index contributed by atoms with van der Waals surface area (Å²) >= 11 is 0. The van der Waals surface area contributed by atoms with Crippen molar-refractivity contribution >= 4 is 0 Å². The van der Waals surface area contributed by atoms with Crippen LogP contribution in [0.2, 0.25) is 0 Å². The third-order valence-electron chi connectivity index (χ3n) is 5.02. The van der Waals surface area contributed by atoms with E-state index < -0.39 is 0 Å². The molecule has 2 rings (SSSR count). The average Bonchev–Trinajstić information content (AvgIpc) is 2.37. The van der Waals surface area contributed by atoms with E-state index in [0.717, 1.165) is 24.4 Å². The highest BCUT2D eigenvalue weighted by Gasteiger charge is 2.29. The third kappa shape index (κ3) is 3.96. The molecule has 2 nitrogen and oxygen atoms in total. The number of ether oxygens (including phenoxy) is 1. The highest BCUT2D eigenvalue weighted by Crippen LogP contribution is 2.31. The van der Waals surface area contributed by atoms with Crippen LogP contribution < -0.4 is 5.32 Å². The molecule has 0 radical (unpaired) electrons. The minimum absolute atomic E-state index is 0.455. The Morgan fingerprint density at radius 2 is 1.78 bits per heavy atom. The Labute approximate surface area is 113 Å². The maximum Gasteiger partial charge on any atom is 0.0730 e. The van der Waals surface area contributed by atoms with Gasteiger partial charge in [0, 0.05) is 12.6 Å². The largest absolute Gasteiger partial charge is 0.376 e. The Kier molecular flexibility index (Phi) is 5.50. The first-order valence-electron chi connectivity index (χ1n) is 7.98. The van der Waals surface area contributed by atoms with Crippen LogP contribution in [-0.2, 0) is 4.74 Å². The normalized spacial score (nSPS) is 41.8. The molecule has 0 aromatic carbocycles. The van der Waals surface area contributed by atoms with Gasteiger partial charge in [0.05, 0.1) is 6.10 Å². The van der Waals surface area contributed by atoms with E-state index in [4.69, 9.17) is 4.74 Å². The predicted molar refractivity (Wildman–Crippen MR) is 76.7 cm³/mol. The maximum atomic E-state index is 6.28. The first kappa shape index (κ1) is 14.3. The summed E-state index contributed by atoms with van der Waals surface area (Å²) in [7, 11) is 2.08. The third-order valence-corrected chi connectivity index (χ3v) is 5.02. The number of likely N-dealkylation sites (N-methyl/N-ethyl adjacent to an activating group) is 1. The topological polar surface area (TPSA) is 21.3 Å². The van der Waals surface area contributed by atoms with Gasteiger partial charge in [-0.2, -0.15) is 0 Å². The highest BCUT2D eigenvalue weighted by molar-refractivity contribution is 4.84. The van der Waals surface area contributed by atoms with Gasteiger partial charge in [0.15, 0.2) is 0 Å².